The first-order valence-electron chi connectivity index (χ1n) is 12.1. The first-order valence-corrected chi connectivity index (χ1v) is 12.5. The van der Waals surface area contributed by atoms with Gasteiger partial charge in [-0.15, -0.1) is 0 Å². The summed E-state index contributed by atoms with van der Waals surface area (Å²) in [5.74, 6) is -0.721. The molecule has 1 aliphatic heterocycles. The molecule has 6 nitrogen and oxygen atoms in total. The molecule has 1 heterocycles. The Hall–Kier alpha value is -4.82. The van der Waals surface area contributed by atoms with Crippen molar-refractivity contribution >= 4 is 46.6 Å². The number of benzene rings is 4. The second-order valence-corrected chi connectivity index (χ2v) is 8.95. The molecule has 4 aromatic rings. The van der Waals surface area contributed by atoms with Gasteiger partial charge in [0.1, 0.15) is 18.0 Å². The summed E-state index contributed by atoms with van der Waals surface area (Å²) in [7, 11) is 1.49. The van der Waals surface area contributed by atoms with Crippen molar-refractivity contribution < 1.29 is 23.5 Å². The van der Waals surface area contributed by atoms with Crippen molar-refractivity contribution in [2.24, 2.45) is 0 Å². The van der Waals surface area contributed by atoms with E-state index in [1.165, 1.54) is 29.1 Å². The minimum atomic E-state index is -0.548. The average molecular weight is 539 g/mol. The zero-order chi connectivity index (χ0) is 27.4. The molecule has 4 aromatic carbocycles. The Morgan fingerprint density at radius 2 is 1.33 bits per heavy atom. The fourth-order valence-corrected chi connectivity index (χ4v) is 4.55. The minimum Gasteiger partial charge on any atom is -0.493 e. The highest BCUT2D eigenvalue weighted by Gasteiger charge is 2.41. The van der Waals surface area contributed by atoms with E-state index in [0.29, 0.717) is 34.0 Å². The smallest absolute Gasteiger partial charge is 0.270 e. The molecule has 0 spiro atoms. The number of para-hydroxylation sites is 2. The Labute approximate surface area is 230 Å². The number of ether oxygens (including phenoxy) is 2. The summed E-state index contributed by atoms with van der Waals surface area (Å²) in [4.78, 5) is 30.1. The number of thiocarbonyl (C=S) groups is 1. The molecule has 0 bridgehead atoms. The van der Waals surface area contributed by atoms with Crippen molar-refractivity contribution in [3.8, 4) is 11.5 Å². The van der Waals surface area contributed by atoms with Crippen LogP contribution in [0.2, 0.25) is 0 Å². The highest BCUT2D eigenvalue weighted by atomic mass is 32.1. The van der Waals surface area contributed by atoms with Crippen molar-refractivity contribution in [1.82, 2.24) is 0 Å². The zero-order valence-electron chi connectivity index (χ0n) is 20.9. The second-order valence-electron chi connectivity index (χ2n) is 8.58. The largest absolute Gasteiger partial charge is 0.493 e. The standard InChI is InChI=1S/C31H23FN2O4S/c1-37-27-17-16-21(19-28(27)38-20-22-10-8-9-15-26(22)32)18-25-29(35)33(23-11-4-2-5-12-23)31(39)34(30(25)36)24-13-6-3-7-14-24/h2-19H,20H2,1H3. The lowest BCUT2D eigenvalue weighted by atomic mass is 10.0. The molecule has 39 heavy (non-hydrogen) atoms. The number of nitrogens with zero attached hydrogens (tertiary/aromatic N) is 2. The van der Waals surface area contributed by atoms with E-state index in [4.69, 9.17) is 21.7 Å². The molecule has 0 unspecified atom stereocenters. The van der Waals surface area contributed by atoms with Crippen LogP contribution in [-0.4, -0.2) is 24.0 Å². The normalized spacial score (nSPS) is 13.5. The van der Waals surface area contributed by atoms with Gasteiger partial charge in [0.25, 0.3) is 11.8 Å². The Morgan fingerprint density at radius 1 is 0.769 bits per heavy atom. The summed E-state index contributed by atoms with van der Waals surface area (Å²) in [5, 5.41) is 0.0585. The third-order valence-corrected chi connectivity index (χ3v) is 6.48. The Kier molecular flexibility index (Phi) is 7.47. The first kappa shape index (κ1) is 25.8. The monoisotopic (exact) mass is 538 g/mol. The lowest BCUT2D eigenvalue weighted by Gasteiger charge is -2.36. The average Bonchev–Trinajstić information content (AvgIpc) is 2.96. The van der Waals surface area contributed by atoms with Gasteiger partial charge in [-0.3, -0.25) is 19.4 Å². The summed E-state index contributed by atoms with van der Waals surface area (Å²) in [5.41, 5.74) is 1.89. The van der Waals surface area contributed by atoms with Crippen molar-refractivity contribution in [2.45, 2.75) is 6.61 Å². The number of methoxy groups -OCH3 is 1. The number of rotatable bonds is 7. The van der Waals surface area contributed by atoms with Crippen LogP contribution in [0.15, 0.2) is 109 Å². The van der Waals surface area contributed by atoms with E-state index in [2.05, 4.69) is 0 Å². The molecule has 8 heteroatoms. The molecule has 0 atom stereocenters. The minimum absolute atomic E-state index is 0.0290. The van der Waals surface area contributed by atoms with Crippen molar-refractivity contribution in [3.05, 3.63) is 126 Å². The Balaban J connectivity index is 1.54. The molecule has 5 rings (SSSR count). The molecule has 1 saturated heterocycles. The van der Waals surface area contributed by atoms with E-state index in [1.54, 1.807) is 84.9 Å². The zero-order valence-corrected chi connectivity index (χ0v) is 21.7. The van der Waals surface area contributed by atoms with E-state index >= 15 is 0 Å². The summed E-state index contributed by atoms with van der Waals surface area (Å²) in [6.07, 6.45) is 1.49. The molecular weight excluding hydrogens is 515 g/mol. The molecule has 0 aromatic heterocycles. The molecule has 0 aliphatic carbocycles. The van der Waals surface area contributed by atoms with E-state index in [-0.39, 0.29) is 23.1 Å². The van der Waals surface area contributed by atoms with Gasteiger partial charge in [-0.05, 0) is 66.3 Å². The van der Waals surface area contributed by atoms with Crippen LogP contribution in [0.5, 0.6) is 11.5 Å². The van der Waals surface area contributed by atoms with Crippen molar-refractivity contribution in [3.63, 3.8) is 0 Å². The van der Waals surface area contributed by atoms with Gasteiger partial charge < -0.3 is 9.47 Å². The predicted octanol–water partition coefficient (Wildman–Crippen LogP) is 6.16. The molecule has 0 N–H and O–H groups in total. The van der Waals surface area contributed by atoms with Gasteiger partial charge >= 0.3 is 0 Å². The maximum absolute atomic E-state index is 14.1. The van der Waals surface area contributed by atoms with E-state index in [0.717, 1.165) is 0 Å². The molecule has 1 aliphatic rings. The molecule has 0 saturated carbocycles. The van der Waals surface area contributed by atoms with Crippen LogP contribution in [0.4, 0.5) is 15.8 Å². The van der Waals surface area contributed by atoms with Crippen LogP contribution in [0.25, 0.3) is 6.08 Å². The maximum atomic E-state index is 14.1. The van der Waals surface area contributed by atoms with Crippen LogP contribution >= 0.6 is 12.2 Å². The van der Waals surface area contributed by atoms with Crippen LogP contribution in [0, 0.1) is 5.82 Å². The predicted molar refractivity (Wildman–Crippen MR) is 152 cm³/mol. The summed E-state index contributed by atoms with van der Waals surface area (Å²) in [6.45, 7) is -0.0290. The van der Waals surface area contributed by atoms with Gasteiger partial charge in [0.15, 0.2) is 16.6 Å². The van der Waals surface area contributed by atoms with Crippen LogP contribution < -0.4 is 19.3 Å². The molecule has 2 amide bonds. The lowest BCUT2D eigenvalue weighted by Crippen LogP contribution is -2.56. The molecule has 0 radical (unpaired) electrons. The lowest BCUT2D eigenvalue weighted by molar-refractivity contribution is -0.120. The van der Waals surface area contributed by atoms with Crippen LogP contribution in [-0.2, 0) is 16.2 Å². The second kappa shape index (κ2) is 11.3. The Bertz CT molecular complexity index is 1510. The Morgan fingerprint density at radius 3 is 1.90 bits per heavy atom. The number of anilines is 2. The highest BCUT2D eigenvalue weighted by molar-refractivity contribution is 7.81. The number of halogens is 1. The number of hydrogen-bond donors (Lipinski definition) is 0. The third-order valence-electron chi connectivity index (χ3n) is 6.12. The molecule has 1 fully saturated rings. The fourth-order valence-electron chi connectivity index (χ4n) is 4.17. The topological polar surface area (TPSA) is 59.1 Å². The summed E-state index contributed by atoms with van der Waals surface area (Å²) < 4.78 is 25.4. The molecular formula is C31H23FN2O4S. The third kappa shape index (κ3) is 5.28. The van der Waals surface area contributed by atoms with Gasteiger partial charge in [0.05, 0.1) is 18.5 Å². The van der Waals surface area contributed by atoms with Gasteiger partial charge in [-0.1, -0.05) is 60.7 Å². The SMILES string of the molecule is COc1ccc(C=C2C(=O)N(c3ccccc3)C(=S)N(c3ccccc3)C2=O)cc1OCc1ccccc1F. The van der Waals surface area contributed by atoms with Crippen molar-refractivity contribution in [1.29, 1.82) is 0 Å². The van der Waals surface area contributed by atoms with Crippen LogP contribution in [0.1, 0.15) is 11.1 Å². The van der Waals surface area contributed by atoms with Gasteiger partial charge in [0, 0.05) is 5.56 Å². The number of carbonyl (C=O) groups excluding carboxylic acids is 2. The summed E-state index contributed by atoms with van der Waals surface area (Å²) >= 11 is 5.65. The number of amides is 2. The molecule has 194 valence electrons. The quantitative estimate of drug-likeness (QED) is 0.160. The van der Waals surface area contributed by atoms with Gasteiger partial charge in [0.2, 0.25) is 0 Å². The highest BCUT2D eigenvalue weighted by Crippen LogP contribution is 2.33. The number of hydrogen-bond acceptors (Lipinski definition) is 5. The number of carbonyl (C=O) groups is 2. The maximum Gasteiger partial charge on any atom is 0.270 e. The first-order chi connectivity index (χ1) is 19.0. The van der Waals surface area contributed by atoms with Crippen LogP contribution in [0.3, 0.4) is 0 Å². The van der Waals surface area contributed by atoms with E-state index in [1.807, 2.05) is 12.1 Å². The van der Waals surface area contributed by atoms with Gasteiger partial charge in [-0.2, -0.15) is 0 Å². The van der Waals surface area contributed by atoms with Crippen molar-refractivity contribution in [2.75, 3.05) is 16.9 Å². The van der Waals surface area contributed by atoms with E-state index < -0.39 is 11.8 Å². The summed E-state index contributed by atoms with van der Waals surface area (Å²) in [6, 6.07) is 29.2. The van der Waals surface area contributed by atoms with E-state index in [9.17, 15) is 14.0 Å². The fraction of sp³-hybridized carbons (Fsp3) is 0.0645. The van der Waals surface area contributed by atoms with Gasteiger partial charge in [-0.25, -0.2) is 4.39 Å².